The van der Waals surface area contributed by atoms with E-state index in [0.717, 1.165) is 46.4 Å². The third-order valence-electron chi connectivity index (χ3n) is 7.14. The van der Waals surface area contributed by atoms with E-state index in [2.05, 4.69) is 68.3 Å². The zero-order valence-electron chi connectivity index (χ0n) is 21.2. The first kappa shape index (κ1) is 23.7. The van der Waals surface area contributed by atoms with Gasteiger partial charge < -0.3 is 9.30 Å². The highest BCUT2D eigenvalue weighted by Crippen LogP contribution is 2.44. The average molecular weight is 456 g/mol. The lowest BCUT2D eigenvalue weighted by Gasteiger charge is -2.25. The number of rotatable bonds is 8. The summed E-state index contributed by atoms with van der Waals surface area (Å²) in [6.07, 6.45) is 8.89. The van der Waals surface area contributed by atoms with Gasteiger partial charge in [-0.3, -0.25) is 4.79 Å². The molecule has 0 radical (unpaired) electrons. The Balaban J connectivity index is 1.82. The van der Waals surface area contributed by atoms with Gasteiger partial charge in [-0.25, -0.2) is 0 Å². The second-order valence-corrected chi connectivity index (χ2v) is 10.0. The summed E-state index contributed by atoms with van der Waals surface area (Å²) in [7, 11) is 3.65. The summed E-state index contributed by atoms with van der Waals surface area (Å²) in [6.45, 7) is 17.6. The number of fused-ring (bicyclic) bond motifs is 1. The van der Waals surface area contributed by atoms with Gasteiger partial charge in [0.15, 0.2) is 5.71 Å². The van der Waals surface area contributed by atoms with Gasteiger partial charge in [0.05, 0.1) is 23.7 Å². The van der Waals surface area contributed by atoms with E-state index < -0.39 is 0 Å². The van der Waals surface area contributed by atoms with Gasteiger partial charge in [-0.15, -0.1) is 0 Å². The Morgan fingerprint density at radius 3 is 2.47 bits per heavy atom. The smallest absolute Gasteiger partial charge is 0.208 e. The number of ether oxygens (including phenoxy) is 1. The SMILES string of the molecule is C=CC1=C(C=C)C(C)(C)C(/C=C2\C(=O)C(c3cn(CCC(C)C)c4ccccc34)=C2OC)=[N+]1C. The van der Waals surface area contributed by atoms with Gasteiger partial charge in [0.1, 0.15) is 12.8 Å². The van der Waals surface area contributed by atoms with Gasteiger partial charge in [-0.05, 0) is 32.3 Å². The van der Waals surface area contributed by atoms with E-state index in [1.54, 1.807) is 7.11 Å². The standard InChI is InChI=1S/C30H35N2O2/c1-9-23-24(10-2)31(7)26(30(23,5)6)17-21-28(33)27(29(21)34-8)22-18-32(16-15-19(3)4)25-14-12-11-13-20(22)25/h9-14,17-19H,1-2,15-16H2,3-8H3/q+1. The van der Waals surface area contributed by atoms with Crippen LogP contribution in [0.15, 0.2) is 84.5 Å². The molecule has 0 bridgehead atoms. The first-order chi connectivity index (χ1) is 16.2. The number of carbonyl (C=O) groups is 1. The minimum absolute atomic E-state index is 0.0209. The molecule has 2 aliphatic rings. The maximum atomic E-state index is 13.6. The third-order valence-corrected chi connectivity index (χ3v) is 7.14. The maximum Gasteiger partial charge on any atom is 0.208 e. The fourth-order valence-electron chi connectivity index (χ4n) is 5.24. The van der Waals surface area contributed by atoms with Crippen LogP contribution < -0.4 is 0 Å². The number of Topliss-reactive ketones (excluding diaryl/α,β-unsaturated/α-hetero) is 1. The summed E-state index contributed by atoms with van der Waals surface area (Å²) in [5.74, 6) is 1.28. The molecule has 0 saturated carbocycles. The normalized spacial score (nSPS) is 19.0. The van der Waals surface area contributed by atoms with Crippen molar-refractivity contribution in [1.82, 2.24) is 4.57 Å². The van der Waals surface area contributed by atoms with Gasteiger partial charge in [-0.1, -0.05) is 51.3 Å². The lowest BCUT2D eigenvalue weighted by molar-refractivity contribution is -0.435. The Bertz CT molecular complexity index is 1340. The number of likely N-dealkylation sites (N-methyl/N-ethyl adjacent to an activating group) is 1. The van der Waals surface area contributed by atoms with Crippen molar-refractivity contribution in [2.75, 3.05) is 14.2 Å². The van der Waals surface area contributed by atoms with Crippen LogP contribution in [0.2, 0.25) is 0 Å². The Morgan fingerprint density at radius 1 is 1.18 bits per heavy atom. The fraction of sp³-hybridized carbons (Fsp3) is 0.333. The molecule has 0 amide bonds. The van der Waals surface area contributed by atoms with Crippen LogP contribution in [-0.4, -0.2) is 34.8 Å². The number of nitrogens with zero attached hydrogens (tertiary/aromatic N) is 2. The van der Waals surface area contributed by atoms with Crippen LogP contribution in [0.1, 0.15) is 39.7 Å². The predicted octanol–water partition coefficient (Wildman–Crippen LogP) is 6.30. The molecule has 2 heterocycles. The minimum atomic E-state index is -0.297. The highest BCUT2D eigenvalue weighted by Gasteiger charge is 2.46. The number of aryl methyl sites for hydroxylation is 1. The summed E-state index contributed by atoms with van der Waals surface area (Å²) >= 11 is 0. The van der Waals surface area contributed by atoms with Crippen molar-refractivity contribution in [1.29, 1.82) is 0 Å². The number of para-hydroxylation sites is 1. The van der Waals surface area contributed by atoms with Crippen molar-refractivity contribution in [2.24, 2.45) is 11.3 Å². The van der Waals surface area contributed by atoms with Crippen molar-refractivity contribution < 1.29 is 14.1 Å². The number of carbonyl (C=O) groups excluding carboxylic acids is 1. The van der Waals surface area contributed by atoms with Crippen molar-refractivity contribution in [3.8, 4) is 0 Å². The minimum Gasteiger partial charge on any atom is -0.495 e. The lowest BCUT2D eigenvalue weighted by atomic mass is 9.77. The number of hydrogen-bond acceptors (Lipinski definition) is 2. The first-order valence-corrected chi connectivity index (χ1v) is 11.9. The topological polar surface area (TPSA) is 34.2 Å². The van der Waals surface area contributed by atoms with Gasteiger partial charge in [0.2, 0.25) is 11.5 Å². The molecule has 1 aliphatic heterocycles. The molecule has 34 heavy (non-hydrogen) atoms. The summed E-state index contributed by atoms with van der Waals surface area (Å²) in [4.78, 5) is 13.6. The van der Waals surface area contributed by atoms with Gasteiger partial charge in [0, 0.05) is 46.9 Å². The molecule has 176 valence electrons. The van der Waals surface area contributed by atoms with Crippen LogP contribution in [0, 0.1) is 11.3 Å². The molecule has 4 nitrogen and oxygen atoms in total. The number of methoxy groups -OCH3 is 1. The Hall–Kier alpha value is -3.40. The molecule has 0 unspecified atom stereocenters. The molecular weight excluding hydrogens is 420 g/mol. The molecule has 4 rings (SSSR count). The van der Waals surface area contributed by atoms with Crippen LogP contribution >= 0.6 is 0 Å². The molecule has 1 aromatic carbocycles. The zero-order valence-corrected chi connectivity index (χ0v) is 21.2. The first-order valence-electron chi connectivity index (χ1n) is 11.9. The van der Waals surface area contributed by atoms with Crippen molar-refractivity contribution in [3.63, 3.8) is 0 Å². The summed E-state index contributed by atoms with van der Waals surface area (Å²) in [6, 6.07) is 8.28. The largest absolute Gasteiger partial charge is 0.495 e. The van der Waals surface area contributed by atoms with E-state index in [1.165, 1.54) is 0 Å². The van der Waals surface area contributed by atoms with Gasteiger partial charge in [-0.2, -0.15) is 4.58 Å². The molecule has 1 aromatic heterocycles. The summed E-state index contributed by atoms with van der Waals surface area (Å²) < 4.78 is 10.2. The van der Waals surface area contributed by atoms with E-state index in [-0.39, 0.29) is 11.2 Å². The van der Waals surface area contributed by atoms with Crippen molar-refractivity contribution >= 4 is 28.0 Å². The van der Waals surface area contributed by atoms with E-state index in [1.807, 2.05) is 37.4 Å². The number of aromatic nitrogens is 1. The van der Waals surface area contributed by atoms with E-state index in [0.29, 0.717) is 22.8 Å². The molecular formula is C30H35N2O2+. The fourth-order valence-corrected chi connectivity index (χ4v) is 5.24. The number of allylic oxidation sites excluding steroid dienone is 6. The highest BCUT2D eigenvalue weighted by molar-refractivity contribution is 6.41. The van der Waals surface area contributed by atoms with Crippen LogP contribution in [-0.2, 0) is 16.1 Å². The average Bonchev–Trinajstić information content (AvgIpc) is 3.25. The molecule has 0 N–H and O–H groups in total. The Labute approximate surface area is 202 Å². The Kier molecular flexibility index (Phi) is 6.11. The molecule has 4 heteroatoms. The highest BCUT2D eigenvalue weighted by atomic mass is 16.5. The molecule has 0 spiro atoms. The van der Waals surface area contributed by atoms with Gasteiger partial charge >= 0.3 is 0 Å². The molecule has 0 fully saturated rings. The van der Waals surface area contributed by atoms with Crippen LogP contribution in [0.3, 0.4) is 0 Å². The van der Waals surface area contributed by atoms with Crippen LogP contribution in [0.5, 0.6) is 0 Å². The Morgan fingerprint density at radius 2 is 1.88 bits per heavy atom. The number of hydrogen-bond donors (Lipinski definition) is 0. The summed E-state index contributed by atoms with van der Waals surface area (Å²) in [5.41, 5.74) is 6.19. The van der Waals surface area contributed by atoms with E-state index in [9.17, 15) is 4.79 Å². The van der Waals surface area contributed by atoms with Crippen molar-refractivity contribution in [2.45, 2.75) is 40.7 Å². The third kappa shape index (κ3) is 3.53. The maximum absolute atomic E-state index is 13.6. The zero-order chi connectivity index (χ0) is 24.8. The van der Waals surface area contributed by atoms with Crippen LogP contribution in [0.25, 0.3) is 16.5 Å². The van der Waals surface area contributed by atoms with Crippen LogP contribution in [0.4, 0.5) is 0 Å². The molecule has 2 aromatic rings. The molecule has 0 atom stereocenters. The molecule has 1 aliphatic carbocycles. The lowest BCUT2D eigenvalue weighted by Crippen LogP contribution is -2.29. The van der Waals surface area contributed by atoms with Crippen molar-refractivity contribution in [3.05, 3.63) is 90.0 Å². The van der Waals surface area contributed by atoms with E-state index >= 15 is 0 Å². The quantitative estimate of drug-likeness (QED) is 0.346. The molecule has 0 saturated heterocycles. The second kappa shape index (κ2) is 8.75. The predicted molar refractivity (Wildman–Crippen MR) is 141 cm³/mol. The monoisotopic (exact) mass is 455 g/mol. The van der Waals surface area contributed by atoms with E-state index in [4.69, 9.17) is 4.74 Å². The number of ketones is 1. The second-order valence-electron chi connectivity index (χ2n) is 10.0. The van der Waals surface area contributed by atoms with Gasteiger partial charge in [0.25, 0.3) is 0 Å². The number of benzene rings is 1. The summed E-state index contributed by atoms with van der Waals surface area (Å²) in [5, 5.41) is 1.08.